The van der Waals surface area contributed by atoms with Crippen LogP contribution in [0.2, 0.25) is 0 Å². The Bertz CT molecular complexity index is 568. The first-order chi connectivity index (χ1) is 8.22. The van der Waals surface area contributed by atoms with Crippen molar-refractivity contribution in [1.82, 2.24) is 9.55 Å². The van der Waals surface area contributed by atoms with Crippen LogP contribution in [0.4, 0.5) is 0 Å². The third-order valence-corrected chi connectivity index (χ3v) is 3.09. The van der Waals surface area contributed by atoms with Gasteiger partial charge in [-0.3, -0.25) is 9.36 Å². The summed E-state index contributed by atoms with van der Waals surface area (Å²) in [5.74, 6) is 0. The second-order valence-corrected chi connectivity index (χ2v) is 4.35. The van der Waals surface area contributed by atoms with Crippen molar-refractivity contribution < 1.29 is 0 Å². The van der Waals surface area contributed by atoms with E-state index in [9.17, 15) is 4.79 Å². The van der Waals surface area contributed by atoms with E-state index < -0.39 is 0 Å². The molecule has 3 nitrogen and oxygen atoms in total. The second-order valence-electron chi connectivity index (χ2n) is 3.58. The molecule has 1 aromatic heterocycles. The number of hydrogen-bond acceptors (Lipinski definition) is 3. The van der Waals surface area contributed by atoms with Crippen molar-refractivity contribution in [3.8, 4) is 0 Å². The lowest BCUT2D eigenvalue weighted by Crippen LogP contribution is -2.36. The Morgan fingerprint density at radius 2 is 2.06 bits per heavy atom. The van der Waals surface area contributed by atoms with Crippen LogP contribution >= 0.6 is 11.8 Å². The lowest BCUT2D eigenvalue weighted by atomic mass is 10.0. The number of aromatic nitrogens is 2. The molecule has 0 fully saturated rings. The number of rotatable bonds is 3. The van der Waals surface area contributed by atoms with E-state index in [4.69, 9.17) is 7.85 Å². The second kappa shape index (κ2) is 5.23. The van der Waals surface area contributed by atoms with Crippen molar-refractivity contribution in [2.24, 2.45) is 0 Å². The molecule has 2 aromatic rings. The maximum atomic E-state index is 11.9. The minimum atomic E-state index is -0.187. The predicted octanol–water partition coefficient (Wildman–Crippen LogP) is 0.807. The highest BCUT2D eigenvalue weighted by Gasteiger charge is 2.06. The summed E-state index contributed by atoms with van der Waals surface area (Å²) in [6, 6.07) is 9.77. The lowest BCUT2D eigenvalue weighted by Gasteiger charge is -2.10. The molecular weight excluding hydrogens is 231 g/mol. The van der Waals surface area contributed by atoms with E-state index in [2.05, 4.69) is 4.98 Å². The van der Waals surface area contributed by atoms with Crippen LogP contribution in [0.5, 0.6) is 0 Å². The van der Waals surface area contributed by atoms with Crippen LogP contribution < -0.4 is 11.0 Å². The third-order valence-electron chi connectivity index (χ3n) is 2.40. The fraction of sp³-hybridized carbons (Fsp3) is 0.167. The van der Waals surface area contributed by atoms with Crippen LogP contribution in [0.15, 0.2) is 46.5 Å². The van der Waals surface area contributed by atoms with E-state index >= 15 is 0 Å². The number of nitrogens with zero attached hydrogens (tertiary/aromatic N) is 2. The molecule has 1 heterocycles. The first-order valence-corrected chi connectivity index (χ1v) is 6.38. The molecule has 2 radical (unpaired) electrons. The summed E-state index contributed by atoms with van der Waals surface area (Å²) in [5, 5.41) is 0.674. The molecule has 0 bridgehead atoms. The van der Waals surface area contributed by atoms with E-state index in [1.807, 2.05) is 36.6 Å². The minimum Gasteiger partial charge on any atom is -0.284 e. The molecule has 0 saturated carbocycles. The maximum Gasteiger partial charge on any atom is 0.247 e. The SMILES string of the molecule is [B]c1cnc(SC)n(Cc2ccccc2)c1=O. The van der Waals surface area contributed by atoms with Crippen molar-refractivity contribution in [2.75, 3.05) is 6.26 Å². The largest absolute Gasteiger partial charge is 0.284 e. The molecule has 17 heavy (non-hydrogen) atoms. The Morgan fingerprint density at radius 1 is 1.35 bits per heavy atom. The standard InChI is InChI=1S/C12H11BN2OS/c1-17-12-14-7-10(13)11(16)15(12)8-9-5-3-2-4-6-9/h2-7H,8H2,1H3. The molecule has 0 N–H and O–H groups in total. The number of benzene rings is 1. The Hall–Kier alpha value is -1.49. The highest BCUT2D eigenvalue weighted by atomic mass is 32.2. The Kier molecular flexibility index (Phi) is 3.69. The molecule has 0 unspecified atom stereocenters. The van der Waals surface area contributed by atoms with Crippen LogP contribution in [0.25, 0.3) is 0 Å². The van der Waals surface area contributed by atoms with E-state index in [0.29, 0.717) is 11.7 Å². The monoisotopic (exact) mass is 242 g/mol. The summed E-state index contributed by atoms with van der Waals surface area (Å²) in [6.07, 6.45) is 3.30. The third kappa shape index (κ3) is 2.61. The molecule has 1 aromatic carbocycles. The van der Waals surface area contributed by atoms with Crippen molar-refractivity contribution in [3.63, 3.8) is 0 Å². The van der Waals surface area contributed by atoms with Gasteiger partial charge < -0.3 is 0 Å². The normalized spacial score (nSPS) is 10.4. The Labute approximate surface area is 105 Å². The van der Waals surface area contributed by atoms with E-state index in [-0.39, 0.29) is 11.0 Å². The molecule has 84 valence electrons. The van der Waals surface area contributed by atoms with Crippen LogP contribution in [0.3, 0.4) is 0 Å². The van der Waals surface area contributed by atoms with Crippen molar-refractivity contribution >= 4 is 25.1 Å². The van der Waals surface area contributed by atoms with Gasteiger partial charge in [0.1, 0.15) is 7.85 Å². The minimum absolute atomic E-state index is 0.179. The lowest BCUT2D eigenvalue weighted by molar-refractivity contribution is 0.651. The molecule has 0 aliphatic rings. The highest BCUT2D eigenvalue weighted by molar-refractivity contribution is 7.98. The summed E-state index contributed by atoms with van der Waals surface area (Å²) in [6.45, 7) is 0.494. The zero-order chi connectivity index (χ0) is 12.3. The zero-order valence-corrected chi connectivity index (χ0v) is 10.3. The fourth-order valence-electron chi connectivity index (χ4n) is 1.56. The van der Waals surface area contributed by atoms with Crippen molar-refractivity contribution in [2.45, 2.75) is 11.7 Å². The van der Waals surface area contributed by atoms with Gasteiger partial charge >= 0.3 is 0 Å². The van der Waals surface area contributed by atoms with Gasteiger partial charge in [-0.1, -0.05) is 42.1 Å². The maximum absolute atomic E-state index is 11.9. The van der Waals surface area contributed by atoms with Gasteiger partial charge in [-0.2, -0.15) is 0 Å². The smallest absolute Gasteiger partial charge is 0.247 e. The van der Waals surface area contributed by atoms with Crippen LogP contribution in [-0.2, 0) is 6.54 Å². The topological polar surface area (TPSA) is 34.9 Å². The molecule has 0 atom stereocenters. The molecule has 0 amide bonds. The van der Waals surface area contributed by atoms with Crippen molar-refractivity contribution in [3.05, 3.63) is 52.4 Å². The average Bonchev–Trinajstić information content (AvgIpc) is 2.37. The zero-order valence-electron chi connectivity index (χ0n) is 9.46. The fourth-order valence-corrected chi connectivity index (χ4v) is 2.09. The van der Waals surface area contributed by atoms with Gasteiger partial charge in [0, 0.05) is 6.20 Å². The van der Waals surface area contributed by atoms with Gasteiger partial charge in [-0.25, -0.2) is 4.98 Å². The van der Waals surface area contributed by atoms with E-state index in [0.717, 1.165) is 5.56 Å². The van der Waals surface area contributed by atoms with Crippen LogP contribution in [0.1, 0.15) is 5.56 Å². The van der Waals surface area contributed by atoms with E-state index in [1.165, 1.54) is 18.0 Å². The van der Waals surface area contributed by atoms with Gasteiger partial charge in [0.25, 0.3) is 0 Å². The molecule has 2 rings (SSSR count). The Balaban J connectivity index is 2.45. The molecule has 0 spiro atoms. The quantitative estimate of drug-likeness (QED) is 0.454. The summed E-state index contributed by atoms with van der Waals surface area (Å²) in [4.78, 5) is 16.1. The Morgan fingerprint density at radius 3 is 2.71 bits per heavy atom. The van der Waals surface area contributed by atoms with Crippen LogP contribution in [-0.4, -0.2) is 23.7 Å². The highest BCUT2D eigenvalue weighted by Crippen LogP contribution is 2.10. The average molecular weight is 242 g/mol. The summed E-state index contributed by atoms with van der Waals surface area (Å²) >= 11 is 1.43. The van der Waals surface area contributed by atoms with Crippen molar-refractivity contribution in [1.29, 1.82) is 0 Å². The van der Waals surface area contributed by atoms with Gasteiger partial charge in [0.05, 0.1) is 6.54 Å². The molecule has 5 heteroatoms. The predicted molar refractivity (Wildman–Crippen MR) is 71.2 cm³/mol. The van der Waals surface area contributed by atoms with E-state index in [1.54, 1.807) is 4.57 Å². The molecule has 0 saturated heterocycles. The first kappa shape index (κ1) is 12.0. The van der Waals surface area contributed by atoms with Gasteiger partial charge in [-0.05, 0) is 17.3 Å². The summed E-state index contributed by atoms with van der Waals surface area (Å²) in [7, 11) is 5.59. The van der Waals surface area contributed by atoms with Crippen LogP contribution in [0, 0.1) is 0 Å². The summed E-state index contributed by atoms with van der Waals surface area (Å²) < 4.78 is 1.59. The number of hydrogen-bond donors (Lipinski definition) is 0. The molecular formula is C12H11BN2OS. The molecule has 0 aliphatic carbocycles. The van der Waals surface area contributed by atoms with Gasteiger partial charge in [-0.15, -0.1) is 0 Å². The first-order valence-electron chi connectivity index (χ1n) is 5.15. The summed E-state index contributed by atoms with van der Waals surface area (Å²) in [5.41, 5.74) is 1.05. The molecule has 0 aliphatic heterocycles. The number of thioether (sulfide) groups is 1. The van der Waals surface area contributed by atoms with Gasteiger partial charge in [0.15, 0.2) is 5.16 Å². The van der Waals surface area contributed by atoms with Gasteiger partial charge in [0.2, 0.25) is 5.56 Å².